The van der Waals surface area contributed by atoms with Crippen LogP contribution < -0.4 is 5.73 Å². The molecular formula is C13H13FN2. The van der Waals surface area contributed by atoms with Crippen LogP contribution >= 0.6 is 0 Å². The van der Waals surface area contributed by atoms with Gasteiger partial charge in [-0.05, 0) is 41.8 Å². The molecule has 0 saturated carbocycles. The minimum Gasteiger partial charge on any atom is -0.320 e. The second kappa shape index (κ2) is 4.41. The topological polar surface area (TPSA) is 38.9 Å². The van der Waals surface area contributed by atoms with Crippen LogP contribution in [0.4, 0.5) is 4.39 Å². The van der Waals surface area contributed by atoms with E-state index >= 15 is 0 Å². The van der Waals surface area contributed by atoms with Gasteiger partial charge in [0.25, 0.3) is 0 Å². The lowest BCUT2D eigenvalue weighted by molar-refractivity contribution is 0.614. The molecule has 1 unspecified atom stereocenters. The Balaban J connectivity index is 2.34. The maximum atomic E-state index is 13.4. The third-order valence-corrected chi connectivity index (χ3v) is 2.62. The van der Waals surface area contributed by atoms with Crippen molar-refractivity contribution in [3.8, 4) is 0 Å². The van der Waals surface area contributed by atoms with Crippen molar-refractivity contribution in [1.82, 2.24) is 4.98 Å². The summed E-state index contributed by atoms with van der Waals surface area (Å²) in [7, 11) is 0. The van der Waals surface area contributed by atoms with Gasteiger partial charge in [-0.1, -0.05) is 12.1 Å². The molecule has 1 atom stereocenters. The van der Waals surface area contributed by atoms with E-state index in [1.54, 1.807) is 25.4 Å². The van der Waals surface area contributed by atoms with Crippen molar-refractivity contribution in [2.45, 2.75) is 13.0 Å². The van der Waals surface area contributed by atoms with Crippen LogP contribution in [-0.2, 0) is 0 Å². The molecule has 0 bridgehead atoms. The molecule has 2 aromatic rings. The smallest absolute Gasteiger partial charge is 0.126 e. The molecule has 82 valence electrons. The molecule has 0 aliphatic rings. The molecule has 2 rings (SSSR count). The van der Waals surface area contributed by atoms with Gasteiger partial charge in [0, 0.05) is 12.4 Å². The highest BCUT2D eigenvalue weighted by Gasteiger charge is 2.09. The van der Waals surface area contributed by atoms with Crippen LogP contribution in [0.1, 0.15) is 22.7 Å². The number of pyridine rings is 1. The van der Waals surface area contributed by atoms with E-state index in [0.29, 0.717) is 5.56 Å². The van der Waals surface area contributed by atoms with Gasteiger partial charge in [-0.3, -0.25) is 4.98 Å². The number of nitrogens with two attached hydrogens (primary N) is 1. The molecule has 0 saturated heterocycles. The van der Waals surface area contributed by atoms with Gasteiger partial charge in [-0.15, -0.1) is 0 Å². The maximum absolute atomic E-state index is 13.4. The molecule has 1 aromatic carbocycles. The fraction of sp³-hybridized carbons (Fsp3) is 0.154. The van der Waals surface area contributed by atoms with Crippen LogP contribution in [0.15, 0.2) is 42.7 Å². The van der Waals surface area contributed by atoms with E-state index < -0.39 is 0 Å². The monoisotopic (exact) mass is 216 g/mol. The molecular weight excluding hydrogens is 203 g/mol. The summed E-state index contributed by atoms with van der Waals surface area (Å²) < 4.78 is 13.4. The molecule has 16 heavy (non-hydrogen) atoms. The first kappa shape index (κ1) is 10.8. The van der Waals surface area contributed by atoms with Crippen molar-refractivity contribution in [2.75, 3.05) is 0 Å². The minimum absolute atomic E-state index is 0.220. The van der Waals surface area contributed by atoms with Crippen molar-refractivity contribution >= 4 is 0 Å². The number of aryl methyl sites for hydroxylation is 1. The van der Waals surface area contributed by atoms with E-state index in [4.69, 9.17) is 5.73 Å². The highest BCUT2D eigenvalue weighted by atomic mass is 19.1. The number of nitrogens with zero attached hydrogens (tertiary/aromatic N) is 1. The van der Waals surface area contributed by atoms with Crippen molar-refractivity contribution in [1.29, 1.82) is 0 Å². The third-order valence-electron chi connectivity index (χ3n) is 2.62. The van der Waals surface area contributed by atoms with Crippen LogP contribution in [0.25, 0.3) is 0 Å². The van der Waals surface area contributed by atoms with E-state index in [1.165, 1.54) is 6.07 Å². The van der Waals surface area contributed by atoms with E-state index in [2.05, 4.69) is 4.98 Å². The fourth-order valence-electron chi connectivity index (χ4n) is 1.57. The molecule has 0 fully saturated rings. The molecule has 0 aliphatic heterocycles. The zero-order chi connectivity index (χ0) is 11.5. The fourth-order valence-corrected chi connectivity index (χ4v) is 1.57. The van der Waals surface area contributed by atoms with Gasteiger partial charge < -0.3 is 5.73 Å². The van der Waals surface area contributed by atoms with Gasteiger partial charge in [-0.25, -0.2) is 4.39 Å². The summed E-state index contributed by atoms with van der Waals surface area (Å²) >= 11 is 0. The number of benzene rings is 1. The Labute approximate surface area is 93.9 Å². The summed E-state index contributed by atoms with van der Waals surface area (Å²) in [5, 5.41) is 0. The average molecular weight is 216 g/mol. The summed E-state index contributed by atoms with van der Waals surface area (Å²) in [5.41, 5.74) is 8.37. The highest BCUT2D eigenvalue weighted by Crippen LogP contribution is 2.20. The van der Waals surface area contributed by atoms with Crippen LogP contribution in [0.3, 0.4) is 0 Å². The first-order valence-corrected chi connectivity index (χ1v) is 5.10. The summed E-state index contributed by atoms with van der Waals surface area (Å²) in [6.45, 7) is 1.73. The zero-order valence-corrected chi connectivity index (χ0v) is 9.02. The Morgan fingerprint density at radius 2 is 1.81 bits per heavy atom. The van der Waals surface area contributed by atoms with E-state index in [1.807, 2.05) is 18.2 Å². The molecule has 3 heteroatoms. The molecule has 2 N–H and O–H groups in total. The maximum Gasteiger partial charge on any atom is 0.126 e. The summed E-state index contributed by atoms with van der Waals surface area (Å²) in [4.78, 5) is 3.92. The highest BCUT2D eigenvalue weighted by molar-refractivity contribution is 5.32. The van der Waals surface area contributed by atoms with Gasteiger partial charge >= 0.3 is 0 Å². The molecule has 1 aromatic heterocycles. The number of aromatic nitrogens is 1. The molecule has 0 aliphatic carbocycles. The van der Waals surface area contributed by atoms with E-state index in [0.717, 1.165) is 11.1 Å². The molecule has 0 spiro atoms. The van der Waals surface area contributed by atoms with Crippen molar-refractivity contribution in [3.63, 3.8) is 0 Å². The Morgan fingerprint density at radius 3 is 2.44 bits per heavy atom. The van der Waals surface area contributed by atoms with Gasteiger partial charge in [0.1, 0.15) is 5.82 Å². The van der Waals surface area contributed by atoms with E-state index in [9.17, 15) is 4.39 Å². The third kappa shape index (κ3) is 2.09. The van der Waals surface area contributed by atoms with Crippen molar-refractivity contribution < 1.29 is 4.39 Å². The van der Waals surface area contributed by atoms with Crippen molar-refractivity contribution in [2.24, 2.45) is 5.73 Å². The van der Waals surface area contributed by atoms with E-state index in [-0.39, 0.29) is 11.9 Å². The number of hydrogen-bond acceptors (Lipinski definition) is 2. The van der Waals surface area contributed by atoms with Crippen LogP contribution in [0.5, 0.6) is 0 Å². The zero-order valence-electron chi connectivity index (χ0n) is 9.02. The lowest BCUT2D eigenvalue weighted by atomic mass is 9.99. The SMILES string of the molecule is Cc1ccc(C(N)c2ccncc2)cc1F. The largest absolute Gasteiger partial charge is 0.320 e. The van der Waals surface area contributed by atoms with Gasteiger partial charge in [0.2, 0.25) is 0 Å². The lowest BCUT2D eigenvalue weighted by Crippen LogP contribution is -2.12. The Kier molecular flexibility index (Phi) is 2.97. The van der Waals surface area contributed by atoms with Crippen LogP contribution in [-0.4, -0.2) is 4.98 Å². The second-order valence-electron chi connectivity index (χ2n) is 3.77. The minimum atomic E-state index is -0.307. The summed E-state index contributed by atoms with van der Waals surface area (Å²) in [6, 6.07) is 8.44. The van der Waals surface area contributed by atoms with Gasteiger partial charge in [-0.2, -0.15) is 0 Å². The number of halogens is 1. The molecule has 0 radical (unpaired) electrons. The molecule has 1 heterocycles. The lowest BCUT2D eigenvalue weighted by Gasteiger charge is -2.12. The van der Waals surface area contributed by atoms with Gasteiger partial charge in [0.15, 0.2) is 0 Å². The summed E-state index contributed by atoms with van der Waals surface area (Å²) in [5.74, 6) is -0.220. The molecule has 0 amide bonds. The molecule has 2 nitrogen and oxygen atoms in total. The second-order valence-corrected chi connectivity index (χ2v) is 3.77. The van der Waals surface area contributed by atoms with Crippen molar-refractivity contribution in [3.05, 3.63) is 65.2 Å². The Bertz CT molecular complexity index is 483. The van der Waals surface area contributed by atoms with Crippen LogP contribution in [0.2, 0.25) is 0 Å². The Hall–Kier alpha value is -1.74. The average Bonchev–Trinajstić information content (AvgIpc) is 2.33. The first-order chi connectivity index (χ1) is 7.68. The predicted octanol–water partition coefficient (Wildman–Crippen LogP) is 2.58. The quantitative estimate of drug-likeness (QED) is 0.838. The number of rotatable bonds is 2. The first-order valence-electron chi connectivity index (χ1n) is 5.10. The normalized spacial score (nSPS) is 12.4. The van der Waals surface area contributed by atoms with Gasteiger partial charge in [0.05, 0.1) is 6.04 Å². The summed E-state index contributed by atoms with van der Waals surface area (Å²) in [6.07, 6.45) is 3.36. The predicted molar refractivity (Wildman–Crippen MR) is 61.4 cm³/mol. The van der Waals surface area contributed by atoms with Crippen LogP contribution in [0, 0.1) is 12.7 Å². The standard InChI is InChI=1S/C13H13FN2/c1-9-2-3-11(8-12(9)14)13(15)10-4-6-16-7-5-10/h2-8,13H,15H2,1H3. The Morgan fingerprint density at radius 1 is 1.12 bits per heavy atom. The number of hydrogen-bond donors (Lipinski definition) is 1.